The van der Waals surface area contributed by atoms with E-state index in [9.17, 15) is 22.4 Å². The van der Waals surface area contributed by atoms with Gasteiger partial charge in [0.25, 0.3) is 0 Å². The van der Waals surface area contributed by atoms with Crippen LogP contribution in [-0.2, 0) is 6.42 Å². The Bertz CT molecular complexity index is 1060. The smallest absolute Gasteiger partial charge is 0.406 e. The Balaban J connectivity index is 1.75. The molecular formula is C18H11BrF4N2O2. The number of hydrogen-bond donors (Lipinski definition) is 0. The first kappa shape index (κ1) is 18.0. The quantitative estimate of drug-likeness (QED) is 0.533. The number of fused-ring (bicyclic) bond motifs is 3. The van der Waals surface area contributed by atoms with Crippen molar-refractivity contribution in [3.63, 3.8) is 0 Å². The van der Waals surface area contributed by atoms with Crippen LogP contribution in [0.5, 0.6) is 5.75 Å². The lowest BCUT2D eigenvalue weighted by molar-refractivity contribution is -0.274. The first-order valence-corrected chi connectivity index (χ1v) is 8.76. The van der Waals surface area contributed by atoms with Crippen LogP contribution in [-0.4, -0.2) is 21.5 Å². The Morgan fingerprint density at radius 2 is 2.04 bits per heavy atom. The highest BCUT2D eigenvalue weighted by molar-refractivity contribution is 9.10. The van der Waals surface area contributed by atoms with Crippen LogP contribution in [0.1, 0.15) is 34.1 Å². The molecule has 0 saturated heterocycles. The van der Waals surface area contributed by atoms with Crippen LogP contribution in [0.2, 0.25) is 0 Å². The molecule has 0 bridgehead atoms. The number of aromatic nitrogens is 2. The van der Waals surface area contributed by atoms with Gasteiger partial charge in [-0.25, -0.2) is 9.37 Å². The molecule has 4 rings (SSSR count). The minimum Gasteiger partial charge on any atom is -0.406 e. The molecule has 1 aliphatic carbocycles. The van der Waals surface area contributed by atoms with Gasteiger partial charge in [-0.15, -0.1) is 13.2 Å². The van der Waals surface area contributed by atoms with Gasteiger partial charge in [0.15, 0.2) is 5.78 Å². The predicted molar refractivity (Wildman–Crippen MR) is 91.4 cm³/mol. The topological polar surface area (TPSA) is 43.6 Å². The molecule has 9 heteroatoms. The summed E-state index contributed by atoms with van der Waals surface area (Å²) in [4.78, 5) is 16.5. The van der Waals surface area contributed by atoms with Crippen molar-refractivity contribution in [1.82, 2.24) is 9.38 Å². The van der Waals surface area contributed by atoms with E-state index in [1.807, 2.05) is 0 Å². The fraction of sp³-hybridized carbons (Fsp3) is 0.222. The van der Waals surface area contributed by atoms with Crippen molar-refractivity contribution in [3.05, 3.63) is 63.8 Å². The average Bonchev–Trinajstić information content (AvgIpc) is 3.07. The molecule has 1 unspecified atom stereocenters. The van der Waals surface area contributed by atoms with Crippen LogP contribution in [0.15, 0.2) is 41.0 Å². The van der Waals surface area contributed by atoms with Crippen molar-refractivity contribution >= 4 is 27.4 Å². The molecule has 2 heterocycles. The van der Waals surface area contributed by atoms with Crippen LogP contribution in [0.3, 0.4) is 0 Å². The van der Waals surface area contributed by atoms with E-state index < -0.39 is 18.1 Å². The summed E-state index contributed by atoms with van der Waals surface area (Å²) in [6.45, 7) is 0. The minimum atomic E-state index is -4.81. The third kappa shape index (κ3) is 3.31. The number of pyridine rings is 1. The second kappa shape index (κ2) is 6.33. The number of para-hydroxylation sites is 1. The number of imidazole rings is 1. The van der Waals surface area contributed by atoms with Crippen molar-refractivity contribution in [1.29, 1.82) is 0 Å². The molecule has 0 aliphatic heterocycles. The molecule has 0 spiro atoms. The molecular weight excluding hydrogens is 432 g/mol. The molecule has 0 saturated carbocycles. The number of carbonyl (C=O) groups is 1. The van der Waals surface area contributed by atoms with E-state index in [0.717, 1.165) is 0 Å². The molecule has 2 aromatic heterocycles. The summed E-state index contributed by atoms with van der Waals surface area (Å²) in [5.41, 5.74) is 1.40. The van der Waals surface area contributed by atoms with Gasteiger partial charge in [0.2, 0.25) is 0 Å². The lowest BCUT2D eigenvalue weighted by atomic mass is 9.96. The van der Waals surface area contributed by atoms with E-state index in [1.165, 1.54) is 30.5 Å². The molecule has 3 aromatic rings. The van der Waals surface area contributed by atoms with Crippen LogP contribution in [0, 0.1) is 5.82 Å². The van der Waals surface area contributed by atoms with Gasteiger partial charge in [-0.05, 0) is 34.0 Å². The summed E-state index contributed by atoms with van der Waals surface area (Å²) in [7, 11) is 0. The van der Waals surface area contributed by atoms with Gasteiger partial charge < -0.3 is 9.14 Å². The van der Waals surface area contributed by atoms with E-state index in [-0.39, 0.29) is 40.2 Å². The maximum atomic E-state index is 13.8. The van der Waals surface area contributed by atoms with Crippen molar-refractivity contribution in [2.45, 2.75) is 25.1 Å². The Kier molecular flexibility index (Phi) is 4.21. The SMILES string of the molecule is O=C1CC(Cc2ccccc2OC(F)(F)F)c2c1nc1cc(F)c(Br)cn21. The molecule has 0 radical (unpaired) electrons. The zero-order valence-electron chi connectivity index (χ0n) is 13.6. The standard InChI is InChI=1S/C18H11BrF4N2O2/c19-11-8-25-15(7-12(11)20)24-16-13(26)6-10(17(16)25)5-9-3-1-2-4-14(9)27-18(21,22)23/h1-4,7-8,10H,5-6H2. The average molecular weight is 443 g/mol. The second-order valence-corrected chi connectivity index (χ2v) is 7.08. The van der Waals surface area contributed by atoms with Crippen LogP contribution < -0.4 is 4.74 Å². The number of ketones is 1. The van der Waals surface area contributed by atoms with E-state index >= 15 is 0 Å². The van der Waals surface area contributed by atoms with Crippen molar-refractivity contribution < 1.29 is 27.1 Å². The number of hydrogen-bond acceptors (Lipinski definition) is 3. The van der Waals surface area contributed by atoms with Crippen molar-refractivity contribution in [3.8, 4) is 5.75 Å². The predicted octanol–water partition coefficient (Wildman–Crippen LogP) is 5.05. The highest BCUT2D eigenvalue weighted by Gasteiger charge is 2.36. The Morgan fingerprint density at radius 1 is 1.30 bits per heavy atom. The summed E-state index contributed by atoms with van der Waals surface area (Å²) in [5, 5.41) is 0. The van der Waals surface area contributed by atoms with Gasteiger partial charge in [0.1, 0.15) is 22.9 Å². The van der Waals surface area contributed by atoms with E-state index in [4.69, 9.17) is 0 Å². The summed E-state index contributed by atoms with van der Waals surface area (Å²) in [6.07, 6.45) is -3.05. The van der Waals surface area contributed by atoms with Gasteiger partial charge in [0, 0.05) is 24.6 Å². The summed E-state index contributed by atoms with van der Waals surface area (Å²) in [5.74, 6) is -1.42. The maximum Gasteiger partial charge on any atom is 0.573 e. The monoisotopic (exact) mass is 442 g/mol. The first-order chi connectivity index (χ1) is 12.7. The van der Waals surface area contributed by atoms with Crippen LogP contribution in [0.4, 0.5) is 17.6 Å². The molecule has 1 aromatic carbocycles. The van der Waals surface area contributed by atoms with Gasteiger partial charge in [-0.2, -0.15) is 0 Å². The largest absolute Gasteiger partial charge is 0.573 e. The van der Waals surface area contributed by atoms with Gasteiger partial charge in [0.05, 0.1) is 10.2 Å². The summed E-state index contributed by atoms with van der Waals surface area (Å²) >= 11 is 3.10. The second-order valence-electron chi connectivity index (χ2n) is 6.23. The number of benzene rings is 1. The van der Waals surface area contributed by atoms with Gasteiger partial charge >= 0.3 is 6.36 Å². The zero-order chi connectivity index (χ0) is 19.3. The number of Topliss-reactive ketones (excluding diaryl/α,β-unsaturated/α-hetero) is 1. The van der Waals surface area contributed by atoms with Crippen LogP contribution >= 0.6 is 15.9 Å². The summed E-state index contributed by atoms with van der Waals surface area (Å²) < 4.78 is 57.6. The lowest BCUT2D eigenvalue weighted by Crippen LogP contribution is -2.18. The molecule has 27 heavy (non-hydrogen) atoms. The van der Waals surface area contributed by atoms with Crippen molar-refractivity contribution in [2.75, 3.05) is 0 Å². The number of halogens is 5. The number of carbonyl (C=O) groups excluding carboxylic acids is 1. The number of rotatable bonds is 3. The van der Waals surface area contributed by atoms with E-state index in [0.29, 0.717) is 11.3 Å². The Labute approximate surface area is 158 Å². The molecule has 0 fully saturated rings. The lowest BCUT2D eigenvalue weighted by Gasteiger charge is -2.16. The molecule has 1 atom stereocenters. The highest BCUT2D eigenvalue weighted by atomic mass is 79.9. The fourth-order valence-corrected chi connectivity index (χ4v) is 3.72. The third-order valence-corrected chi connectivity index (χ3v) is 5.03. The molecule has 0 N–H and O–H groups in total. The Hall–Kier alpha value is -2.42. The highest BCUT2D eigenvalue weighted by Crippen LogP contribution is 2.39. The number of ether oxygens (including phenoxy) is 1. The Morgan fingerprint density at radius 3 is 2.78 bits per heavy atom. The maximum absolute atomic E-state index is 13.8. The molecule has 1 aliphatic rings. The van der Waals surface area contributed by atoms with Crippen molar-refractivity contribution in [2.24, 2.45) is 0 Å². The van der Waals surface area contributed by atoms with Gasteiger partial charge in [-0.3, -0.25) is 4.79 Å². The first-order valence-electron chi connectivity index (χ1n) is 7.97. The normalized spacial score (nSPS) is 16.8. The third-order valence-electron chi connectivity index (χ3n) is 4.45. The number of nitrogens with zero attached hydrogens (tertiary/aromatic N) is 2. The zero-order valence-corrected chi connectivity index (χ0v) is 15.1. The molecule has 0 amide bonds. The van der Waals surface area contributed by atoms with E-state index in [2.05, 4.69) is 25.7 Å². The van der Waals surface area contributed by atoms with Gasteiger partial charge in [-0.1, -0.05) is 18.2 Å². The fourth-order valence-electron chi connectivity index (χ4n) is 3.40. The van der Waals surface area contributed by atoms with E-state index in [1.54, 1.807) is 10.5 Å². The number of alkyl halides is 3. The summed E-state index contributed by atoms with van der Waals surface area (Å²) in [6, 6.07) is 7.03. The molecule has 4 nitrogen and oxygen atoms in total. The molecule has 140 valence electrons. The van der Waals surface area contributed by atoms with Crippen LogP contribution in [0.25, 0.3) is 5.65 Å². The minimum absolute atomic E-state index is 0.121.